The molecule has 24 heavy (non-hydrogen) atoms. The number of hydrogen-bond acceptors (Lipinski definition) is 6. The maximum absolute atomic E-state index is 5.33. The summed E-state index contributed by atoms with van der Waals surface area (Å²) in [4.78, 5) is 4.46. The van der Waals surface area contributed by atoms with Gasteiger partial charge in [0.15, 0.2) is 5.82 Å². The third-order valence-electron chi connectivity index (χ3n) is 3.57. The van der Waals surface area contributed by atoms with E-state index in [0.29, 0.717) is 11.8 Å². The predicted molar refractivity (Wildman–Crippen MR) is 95.3 cm³/mol. The van der Waals surface area contributed by atoms with Crippen molar-refractivity contribution in [1.82, 2.24) is 15.2 Å². The molecular formula is C18H19N5O. The van der Waals surface area contributed by atoms with Crippen LogP contribution in [-0.2, 0) is 0 Å². The molecule has 2 N–H and O–H groups in total. The zero-order valence-electron chi connectivity index (χ0n) is 13.9. The second kappa shape index (κ2) is 6.95. The summed E-state index contributed by atoms with van der Waals surface area (Å²) < 4.78 is 5.33. The SMILES string of the molecule is COc1ccccc1Nc1cnnc(Nc2cc(C)ccc2C)n1. The average molecular weight is 321 g/mol. The van der Waals surface area contributed by atoms with Gasteiger partial charge in [0.05, 0.1) is 19.0 Å². The van der Waals surface area contributed by atoms with E-state index < -0.39 is 0 Å². The standard InChI is InChI=1S/C18H19N5O/c1-12-8-9-13(2)15(10-12)21-18-22-17(11-19-23-18)20-14-6-4-5-7-16(14)24-3/h4-11H,1-3H3,(H2,20,21,22,23). The van der Waals surface area contributed by atoms with Gasteiger partial charge in [-0.05, 0) is 43.2 Å². The highest BCUT2D eigenvalue weighted by atomic mass is 16.5. The smallest absolute Gasteiger partial charge is 0.249 e. The fourth-order valence-corrected chi connectivity index (χ4v) is 2.29. The van der Waals surface area contributed by atoms with E-state index in [9.17, 15) is 0 Å². The highest BCUT2D eigenvalue weighted by Gasteiger charge is 2.06. The second-order valence-electron chi connectivity index (χ2n) is 5.43. The molecule has 1 heterocycles. The van der Waals surface area contributed by atoms with Crippen molar-refractivity contribution >= 4 is 23.1 Å². The lowest BCUT2D eigenvalue weighted by Crippen LogP contribution is -2.04. The Balaban J connectivity index is 1.83. The average Bonchev–Trinajstić information content (AvgIpc) is 2.59. The first-order valence-corrected chi connectivity index (χ1v) is 7.60. The van der Waals surface area contributed by atoms with Crippen molar-refractivity contribution in [3.8, 4) is 5.75 Å². The number of nitrogens with one attached hydrogen (secondary N) is 2. The van der Waals surface area contributed by atoms with Crippen LogP contribution in [0, 0.1) is 13.8 Å². The minimum absolute atomic E-state index is 0.434. The highest BCUT2D eigenvalue weighted by Crippen LogP contribution is 2.26. The Morgan fingerprint density at radius 1 is 0.958 bits per heavy atom. The number of ether oxygens (including phenoxy) is 1. The minimum Gasteiger partial charge on any atom is -0.495 e. The predicted octanol–water partition coefficient (Wildman–Crippen LogP) is 3.98. The van der Waals surface area contributed by atoms with Crippen LogP contribution in [0.25, 0.3) is 0 Å². The first-order chi connectivity index (χ1) is 11.7. The van der Waals surface area contributed by atoms with Crippen LogP contribution in [0.1, 0.15) is 11.1 Å². The van der Waals surface area contributed by atoms with Gasteiger partial charge in [-0.1, -0.05) is 24.3 Å². The lowest BCUT2D eigenvalue weighted by Gasteiger charge is -2.11. The fourth-order valence-electron chi connectivity index (χ4n) is 2.29. The van der Waals surface area contributed by atoms with Gasteiger partial charge < -0.3 is 15.4 Å². The Hall–Kier alpha value is -3.15. The summed E-state index contributed by atoms with van der Waals surface area (Å²) in [6.45, 7) is 4.08. The number of aromatic nitrogens is 3. The summed E-state index contributed by atoms with van der Waals surface area (Å²) in [6, 6.07) is 13.8. The topological polar surface area (TPSA) is 72.0 Å². The van der Waals surface area contributed by atoms with Crippen LogP contribution >= 0.6 is 0 Å². The zero-order chi connectivity index (χ0) is 16.9. The van der Waals surface area contributed by atoms with Crippen LogP contribution in [0.5, 0.6) is 5.75 Å². The summed E-state index contributed by atoms with van der Waals surface area (Å²) in [5.41, 5.74) is 4.07. The summed E-state index contributed by atoms with van der Waals surface area (Å²) in [5, 5.41) is 14.5. The monoisotopic (exact) mass is 321 g/mol. The van der Waals surface area contributed by atoms with Gasteiger partial charge in [0, 0.05) is 5.69 Å². The quantitative estimate of drug-likeness (QED) is 0.740. The molecule has 0 atom stereocenters. The number of hydrogen-bond donors (Lipinski definition) is 2. The number of rotatable bonds is 5. The number of anilines is 4. The third-order valence-corrected chi connectivity index (χ3v) is 3.57. The highest BCUT2D eigenvalue weighted by molar-refractivity contribution is 5.65. The van der Waals surface area contributed by atoms with E-state index >= 15 is 0 Å². The molecule has 0 spiro atoms. The van der Waals surface area contributed by atoms with Crippen molar-refractivity contribution in [2.45, 2.75) is 13.8 Å². The molecule has 6 nitrogen and oxygen atoms in total. The molecular weight excluding hydrogens is 302 g/mol. The van der Waals surface area contributed by atoms with Crippen LogP contribution < -0.4 is 15.4 Å². The number of para-hydroxylation sites is 2. The van der Waals surface area contributed by atoms with E-state index in [4.69, 9.17) is 4.74 Å². The lowest BCUT2D eigenvalue weighted by atomic mass is 10.1. The number of methoxy groups -OCH3 is 1. The largest absolute Gasteiger partial charge is 0.495 e. The molecule has 0 aliphatic rings. The summed E-state index contributed by atoms with van der Waals surface area (Å²) in [7, 11) is 1.63. The molecule has 0 fully saturated rings. The maximum Gasteiger partial charge on any atom is 0.249 e. The Kier molecular flexibility index (Phi) is 4.56. The molecule has 2 aromatic carbocycles. The molecule has 0 radical (unpaired) electrons. The van der Waals surface area contributed by atoms with Crippen LogP contribution in [0.3, 0.4) is 0 Å². The van der Waals surface area contributed by atoms with Gasteiger partial charge in [0.1, 0.15) is 5.75 Å². The number of aryl methyl sites for hydroxylation is 2. The molecule has 0 unspecified atom stereocenters. The first kappa shape index (κ1) is 15.7. The maximum atomic E-state index is 5.33. The van der Waals surface area contributed by atoms with Gasteiger partial charge in [0.2, 0.25) is 5.95 Å². The van der Waals surface area contributed by atoms with Crippen molar-refractivity contribution in [2.75, 3.05) is 17.7 Å². The van der Waals surface area contributed by atoms with Gasteiger partial charge in [-0.2, -0.15) is 10.1 Å². The summed E-state index contributed by atoms with van der Waals surface area (Å²) in [6.07, 6.45) is 1.57. The van der Waals surface area contributed by atoms with Crippen LogP contribution in [0.2, 0.25) is 0 Å². The van der Waals surface area contributed by atoms with Crippen LogP contribution in [0.15, 0.2) is 48.7 Å². The van der Waals surface area contributed by atoms with Crippen LogP contribution in [-0.4, -0.2) is 22.3 Å². The fraction of sp³-hybridized carbons (Fsp3) is 0.167. The van der Waals surface area contributed by atoms with Gasteiger partial charge in [-0.25, -0.2) is 0 Å². The van der Waals surface area contributed by atoms with Crippen molar-refractivity contribution in [3.05, 3.63) is 59.8 Å². The van der Waals surface area contributed by atoms with E-state index in [1.54, 1.807) is 13.3 Å². The second-order valence-corrected chi connectivity index (χ2v) is 5.43. The van der Waals surface area contributed by atoms with E-state index in [2.05, 4.69) is 44.0 Å². The molecule has 122 valence electrons. The van der Waals surface area contributed by atoms with Crippen molar-refractivity contribution in [2.24, 2.45) is 0 Å². The van der Waals surface area contributed by atoms with E-state index in [0.717, 1.165) is 22.7 Å². The Bertz CT molecular complexity index is 850. The van der Waals surface area contributed by atoms with Crippen LogP contribution in [0.4, 0.5) is 23.1 Å². The molecule has 0 aliphatic carbocycles. The Morgan fingerprint density at radius 3 is 2.62 bits per heavy atom. The summed E-state index contributed by atoms with van der Waals surface area (Å²) in [5.74, 6) is 1.76. The van der Waals surface area contributed by atoms with Gasteiger partial charge in [-0.15, -0.1) is 5.10 Å². The van der Waals surface area contributed by atoms with Gasteiger partial charge in [0.25, 0.3) is 0 Å². The molecule has 3 rings (SSSR count). The van der Waals surface area contributed by atoms with Gasteiger partial charge in [-0.3, -0.25) is 0 Å². The zero-order valence-corrected chi connectivity index (χ0v) is 13.9. The third kappa shape index (κ3) is 3.60. The molecule has 0 amide bonds. The minimum atomic E-state index is 0.434. The molecule has 0 saturated carbocycles. The van der Waals surface area contributed by atoms with E-state index in [1.807, 2.05) is 38.1 Å². The number of benzene rings is 2. The Morgan fingerprint density at radius 2 is 1.79 bits per heavy atom. The first-order valence-electron chi connectivity index (χ1n) is 7.60. The molecule has 6 heteroatoms. The molecule has 0 saturated heterocycles. The van der Waals surface area contributed by atoms with Crippen molar-refractivity contribution in [1.29, 1.82) is 0 Å². The molecule has 0 aliphatic heterocycles. The lowest BCUT2D eigenvalue weighted by molar-refractivity contribution is 0.417. The van der Waals surface area contributed by atoms with E-state index in [1.165, 1.54) is 5.56 Å². The number of nitrogens with zero attached hydrogens (tertiary/aromatic N) is 3. The van der Waals surface area contributed by atoms with Crippen molar-refractivity contribution < 1.29 is 4.74 Å². The molecule has 1 aromatic heterocycles. The molecule has 0 bridgehead atoms. The summed E-state index contributed by atoms with van der Waals surface area (Å²) >= 11 is 0. The van der Waals surface area contributed by atoms with Gasteiger partial charge >= 0.3 is 0 Å². The van der Waals surface area contributed by atoms with E-state index in [-0.39, 0.29) is 0 Å². The van der Waals surface area contributed by atoms with Crippen molar-refractivity contribution in [3.63, 3.8) is 0 Å². The Labute approximate surface area is 140 Å². The molecule has 3 aromatic rings. The normalized spacial score (nSPS) is 10.3.